The van der Waals surface area contributed by atoms with E-state index in [9.17, 15) is 19.0 Å². The number of ether oxygens (including phenoxy) is 2. The first kappa shape index (κ1) is 47.5. The number of hydrogen-bond acceptors (Lipinski definition) is 8. The van der Waals surface area contributed by atoms with E-state index in [4.69, 9.17) is 24.3 Å². The summed E-state index contributed by atoms with van der Waals surface area (Å²) >= 11 is 0. The predicted molar refractivity (Wildman–Crippen MR) is 201 cm³/mol. The highest BCUT2D eigenvalue weighted by molar-refractivity contribution is 7.47. The van der Waals surface area contributed by atoms with Crippen LogP contribution in [-0.4, -0.2) is 49.3 Å². The van der Waals surface area contributed by atoms with Crippen molar-refractivity contribution in [1.82, 2.24) is 0 Å². The first-order chi connectivity index (χ1) is 23.8. The van der Waals surface area contributed by atoms with Crippen molar-refractivity contribution in [3.63, 3.8) is 0 Å². The van der Waals surface area contributed by atoms with E-state index in [1.165, 1.54) is 83.5 Å². The zero-order valence-corrected chi connectivity index (χ0v) is 32.3. The second-order valence-corrected chi connectivity index (χ2v) is 14.6. The van der Waals surface area contributed by atoms with Crippen LogP contribution in [0.4, 0.5) is 0 Å². The third kappa shape index (κ3) is 36.1. The van der Waals surface area contributed by atoms with Crippen LogP contribution in [0.1, 0.15) is 181 Å². The van der Waals surface area contributed by atoms with Gasteiger partial charge in [-0.2, -0.15) is 0 Å². The molecule has 0 saturated carbocycles. The van der Waals surface area contributed by atoms with Gasteiger partial charge in [-0.1, -0.05) is 128 Å². The maximum Gasteiger partial charge on any atom is 0.472 e. The maximum atomic E-state index is 12.5. The minimum absolute atomic E-state index is 0.0524. The van der Waals surface area contributed by atoms with E-state index in [1.807, 2.05) is 0 Å². The van der Waals surface area contributed by atoms with Gasteiger partial charge in [-0.3, -0.25) is 18.6 Å². The minimum atomic E-state index is -4.37. The van der Waals surface area contributed by atoms with Gasteiger partial charge in [-0.25, -0.2) is 4.57 Å². The molecule has 0 radical (unpaired) electrons. The summed E-state index contributed by atoms with van der Waals surface area (Å²) in [5.41, 5.74) is 5.33. The molecule has 0 aliphatic heterocycles. The molecule has 0 spiro atoms. The molecule has 0 fully saturated rings. The van der Waals surface area contributed by atoms with Crippen molar-refractivity contribution in [2.45, 2.75) is 187 Å². The first-order valence-corrected chi connectivity index (χ1v) is 21.3. The van der Waals surface area contributed by atoms with Crippen LogP contribution in [0.3, 0.4) is 0 Å². The second kappa shape index (κ2) is 36.3. The lowest BCUT2D eigenvalue weighted by molar-refractivity contribution is -0.161. The van der Waals surface area contributed by atoms with E-state index < -0.39 is 32.5 Å². The fourth-order valence-electron chi connectivity index (χ4n) is 5.33. The maximum absolute atomic E-state index is 12.5. The Morgan fingerprint density at radius 3 is 1.45 bits per heavy atom. The van der Waals surface area contributed by atoms with Crippen molar-refractivity contribution >= 4 is 19.8 Å². The van der Waals surface area contributed by atoms with Crippen molar-refractivity contribution < 1.29 is 37.6 Å². The summed E-state index contributed by atoms with van der Waals surface area (Å²) < 4.78 is 32.7. The molecule has 49 heavy (non-hydrogen) atoms. The quantitative estimate of drug-likeness (QED) is 0.0279. The van der Waals surface area contributed by atoms with Crippen molar-refractivity contribution in [1.29, 1.82) is 0 Å². The molecule has 0 amide bonds. The van der Waals surface area contributed by atoms with Gasteiger partial charge in [-0.15, -0.1) is 0 Å². The van der Waals surface area contributed by atoms with Gasteiger partial charge in [0.25, 0.3) is 0 Å². The van der Waals surface area contributed by atoms with E-state index in [1.54, 1.807) is 0 Å². The molecule has 0 aliphatic rings. The Kier molecular flexibility index (Phi) is 35.2. The molecule has 9 nitrogen and oxygen atoms in total. The summed E-state index contributed by atoms with van der Waals surface area (Å²) in [6.45, 7) is 3.68. The monoisotopic (exact) mass is 716 g/mol. The number of allylic oxidation sites excluding steroid dienone is 4. The molecule has 0 aromatic heterocycles. The van der Waals surface area contributed by atoms with Crippen LogP contribution in [0, 0.1) is 0 Å². The van der Waals surface area contributed by atoms with Crippen molar-refractivity contribution in [2.24, 2.45) is 5.73 Å². The van der Waals surface area contributed by atoms with Crippen molar-refractivity contribution in [2.75, 3.05) is 26.4 Å². The number of carbonyl (C=O) groups is 2. The number of phosphoric ester groups is 1. The fourth-order valence-corrected chi connectivity index (χ4v) is 6.09. The molecule has 0 saturated heterocycles. The molecule has 10 heteroatoms. The van der Waals surface area contributed by atoms with Gasteiger partial charge in [0.15, 0.2) is 6.10 Å². The Balaban J connectivity index is 4.22. The van der Waals surface area contributed by atoms with E-state index >= 15 is 0 Å². The highest BCUT2D eigenvalue weighted by Gasteiger charge is 2.25. The van der Waals surface area contributed by atoms with Crippen LogP contribution in [0.2, 0.25) is 0 Å². The summed E-state index contributed by atoms with van der Waals surface area (Å²) in [7, 11) is -4.37. The van der Waals surface area contributed by atoms with Gasteiger partial charge >= 0.3 is 19.8 Å². The normalized spacial score (nSPS) is 13.6. The Morgan fingerprint density at radius 2 is 1.00 bits per heavy atom. The zero-order valence-electron chi connectivity index (χ0n) is 31.4. The molecule has 288 valence electrons. The van der Waals surface area contributed by atoms with E-state index in [-0.39, 0.29) is 32.6 Å². The van der Waals surface area contributed by atoms with Gasteiger partial charge in [-0.05, 0) is 64.2 Å². The molecule has 0 aromatic rings. The van der Waals surface area contributed by atoms with Crippen molar-refractivity contribution in [3.05, 3.63) is 24.3 Å². The average molecular weight is 716 g/mol. The highest BCUT2D eigenvalue weighted by Crippen LogP contribution is 2.43. The average Bonchev–Trinajstić information content (AvgIpc) is 3.08. The van der Waals surface area contributed by atoms with Gasteiger partial charge < -0.3 is 20.1 Å². The third-order valence-electron chi connectivity index (χ3n) is 8.31. The van der Waals surface area contributed by atoms with E-state index in [0.29, 0.717) is 6.42 Å². The molecular formula is C39H74NO8P. The minimum Gasteiger partial charge on any atom is -0.462 e. The SMILES string of the molecule is CCCCCC/C=C/CCCCCCCCCC(=O)O[C@H](COC(=O)CCCCCCC/C=C/CCCCCC)COP(=O)(O)OCCN. The van der Waals surface area contributed by atoms with Gasteiger partial charge in [0, 0.05) is 19.4 Å². The van der Waals surface area contributed by atoms with E-state index in [0.717, 1.165) is 64.2 Å². The molecular weight excluding hydrogens is 641 g/mol. The number of hydrogen-bond donors (Lipinski definition) is 2. The molecule has 3 N–H and O–H groups in total. The predicted octanol–water partition coefficient (Wildman–Crippen LogP) is 10.8. The Labute approximate surface area is 300 Å². The largest absolute Gasteiger partial charge is 0.472 e. The lowest BCUT2D eigenvalue weighted by Gasteiger charge is -2.19. The summed E-state index contributed by atoms with van der Waals surface area (Å²) in [5, 5.41) is 0. The van der Waals surface area contributed by atoms with Crippen LogP contribution >= 0.6 is 7.82 Å². The molecule has 0 rings (SSSR count). The molecule has 0 aromatic carbocycles. The number of unbranched alkanes of at least 4 members (excludes halogenated alkanes) is 20. The van der Waals surface area contributed by atoms with Crippen LogP contribution < -0.4 is 5.73 Å². The smallest absolute Gasteiger partial charge is 0.462 e. The number of nitrogens with two attached hydrogens (primary N) is 1. The summed E-state index contributed by atoms with van der Waals surface area (Å²) in [5.74, 6) is -0.842. The Morgan fingerprint density at radius 1 is 0.592 bits per heavy atom. The van der Waals surface area contributed by atoms with Crippen molar-refractivity contribution in [3.8, 4) is 0 Å². The van der Waals surface area contributed by atoms with Gasteiger partial charge in [0.1, 0.15) is 6.61 Å². The van der Waals surface area contributed by atoms with Gasteiger partial charge in [0.2, 0.25) is 0 Å². The molecule has 0 aliphatic carbocycles. The van der Waals surface area contributed by atoms with E-state index in [2.05, 4.69) is 38.2 Å². The van der Waals surface area contributed by atoms with Crippen LogP contribution in [0.15, 0.2) is 24.3 Å². The second-order valence-electron chi connectivity index (χ2n) is 13.1. The van der Waals surface area contributed by atoms with Crippen LogP contribution in [0.25, 0.3) is 0 Å². The fraction of sp³-hybridized carbons (Fsp3) is 0.846. The summed E-state index contributed by atoms with van der Waals surface area (Å²) in [6, 6.07) is 0. The summed E-state index contributed by atoms with van der Waals surface area (Å²) in [6.07, 6.45) is 36.3. The topological polar surface area (TPSA) is 134 Å². The molecule has 2 atom stereocenters. The first-order valence-electron chi connectivity index (χ1n) is 19.8. The lowest BCUT2D eigenvalue weighted by Crippen LogP contribution is -2.29. The number of rotatable bonds is 37. The standard InChI is InChI=1S/C39H74NO8P/c1-3-5-7-9-11-13-15-17-18-20-22-24-26-28-30-32-39(42)48-37(36-47-49(43,44)46-34-33-40)35-45-38(41)31-29-27-25-23-21-19-16-14-12-10-8-6-4-2/h13-16,37H,3-12,17-36,40H2,1-2H3,(H,43,44)/b15-13+,16-14+/t37-/m1/s1. The van der Waals surface area contributed by atoms with Crippen LogP contribution in [-0.2, 0) is 32.7 Å². The number of phosphoric acid groups is 1. The zero-order chi connectivity index (χ0) is 36.1. The number of carbonyl (C=O) groups excluding carboxylic acids is 2. The molecule has 0 heterocycles. The van der Waals surface area contributed by atoms with Gasteiger partial charge in [0.05, 0.1) is 13.2 Å². The molecule has 1 unspecified atom stereocenters. The third-order valence-corrected chi connectivity index (χ3v) is 9.29. The Bertz CT molecular complexity index is 866. The summed E-state index contributed by atoms with van der Waals surface area (Å²) in [4.78, 5) is 34.7. The Hall–Kier alpha value is -1.51. The molecule has 0 bridgehead atoms. The lowest BCUT2D eigenvalue weighted by atomic mass is 10.1. The van der Waals surface area contributed by atoms with Crippen LogP contribution in [0.5, 0.6) is 0 Å². The number of esters is 2. The highest BCUT2D eigenvalue weighted by atomic mass is 31.2.